The van der Waals surface area contributed by atoms with Crippen LogP contribution in [0.5, 0.6) is 0 Å². The molecule has 0 aromatic carbocycles. The topological polar surface area (TPSA) is 285 Å². The molecule has 3 aliphatic rings. The lowest BCUT2D eigenvalue weighted by Gasteiger charge is -2.44. The maximum absolute atomic E-state index is 14.5. The fourth-order valence-electron chi connectivity index (χ4n) is 11.2. The lowest BCUT2D eigenvalue weighted by molar-refractivity contribution is -0.139. The zero-order valence-electron chi connectivity index (χ0n) is 54.4. The third-order valence-electron chi connectivity index (χ3n) is 16.5. The van der Waals surface area contributed by atoms with Crippen LogP contribution in [0, 0.1) is 35.5 Å². The van der Waals surface area contributed by atoms with Crippen LogP contribution in [0.25, 0.3) is 0 Å². The fraction of sp³-hybridized carbons (Fsp3) is 0.810. The van der Waals surface area contributed by atoms with E-state index in [1.165, 1.54) is 47.6 Å². The Morgan fingerprint density at radius 1 is 0.619 bits per heavy atom. The van der Waals surface area contributed by atoms with Crippen LogP contribution in [0.1, 0.15) is 207 Å². The highest BCUT2D eigenvalue weighted by molar-refractivity contribution is 6.00. The van der Waals surface area contributed by atoms with Gasteiger partial charge in [-0.25, -0.2) is 0 Å². The Bertz CT molecular complexity index is 2290. The van der Waals surface area contributed by atoms with Gasteiger partial charge in [-0.2, -0.15) is 0 Å². The summed E-state index contributed by atoms with van der Waals surface area (Å²) in [7, 11) is 3.92. The molecule has 3 fully saturated rings. The molecule has 21 heteroatoms. The Kier molecular flexibility index (Phi) is 28.4. The number of carbonyl (C=O) groups is 10. The van der Waals surface area contributed by atoms with E-state index in [1.54, 1.807) is 4.90 Å². The third-order valence-corrected chi connectivity index (χ3v) is 16.5. The van der Waals surface area contributed by atoms with Crippen LogP contribution in [0.15, 0.2) is 12.2 Å². The van der Waals surface area contributed by atoms with Crippen molar-refractivity contribution < 1.29 is 47.9 Å². The first-order chi connectivity index (χ1) is 39.0. The predicted octanol–water partition coefficient (Wildman–Crippen LogP) is 5.05. The molecule has 3 rings (SSSR count). The molecule has 0 aromatic rings. The van der Waals surface area contributed by atoms with Gasteiger partial charge < -0.3 is 57.7 Å². The van der Waals surface area contributed by atoms with E-state index in [0.717, 1.165) is 64.3 Å². The first-order valence-corrected chi connectivity index (χ1v) is 31.4. The minimum Gasteiger partial charge on any atom is -0.354 e. The van der Waals surface area contributed by atoms with Crippen molar-refractivity contribution >= 4 is 59.1 Å². The third kappa shape index (κ3) is 23.7. The van der Waals surface area contributed by atoms with Crippen molar-refractivity contribution in [2.75, 3.05) is 33.7 Å². The predicted molar refractivity (Wildman–Crippen MR) is 327 cm³/mol. The molecular weight excluding hydrogens is 1070 g/mol. The summed E-state index contributed by atoms with van der Waals surface area (Å²) in [5, 5.41) is 25.7. The molecule has 0 bridgehead atoms. The van der Waals surface area contributed by atoms with Crippen molar-refractivity contribution in [1.82, 2.24) is 57.7 Å². The number of nitrogens with one attached hydrogen (secondary N) is 9. The van der Waals surface area contributed by atoms with E-state index in [1.807, 2.05) is 87.4 Å². The summed E-state index contributed by atoms with van der Waals surface area (Å²) in [6.45, 7) is 27.5. The first kappa shape index (κ1) is 72.7. The number of allylic oxidation sites excluding steroid dienone is 1. The molecule has 1 saturated heterocycles. The van der Waals surface area contributed by atoms with E-state index in [-0.39, 0.29) is 79.2 Å². The van der Waals surface area contributed by atoms with Crippen LogP contribution < -0.4 is 47.9 Å². The minimum absolute atomic E-state index is 0.0504. The molecular formula is C63H111N11O10. The number of hydrogen-bond donors (Lipinski definition) is 9. The molecule has 9 N–H and O–H groups in total. The number of hydrogen-bond acceptors (Lipinski definition) is 11. The summed E-state index contributed by atoms with van der Waals surface area (Å²) in [6, 6.07) is -5.20. The van der Waals surface area contributed by atoms with Gasteiger partial charge in [0.1, 0.15) is 46.8 Å². The lowest BCUT2D eigenvalue weighted by atomic mass is 9.76. The SMILES string of the molecule is CC[C@H](C)/C=C/C(=O)N1C[C@@H](C)C[C@H]1C(=O)N[C@@H](CCC1CCCCC1)C(=O)N[C@@H](CC(C)C)C(=O)NC(C)(C)C(=O)N[C@@H](CC(C)C)C(=O)N[C@@H](CC(C)C)C(=O)NC(C)(C)C(=O)NC(C)(C)C(=O)NCCC(=O)NC1(CN(C)C)CCC1. The molecule has 7 atom stereocenters. The smallest absolute Gasteiger partial charge is 0.246 e. The molecule has 1 heterocycles. The quantitative estimate of drug-likeness (QED) is 0.0392. The van der Waals surface area contributed by atoms with Gasteiger partial charge in [-0.05, 0) is 155 Å². The highest BCUT2D eigenvalue weighted by Gasteiger charge is 2.43. The van der Waals surface area contributed by atoms with Crippen molar-refractivity contribution in [3.8, 4) is 0 Å². The van der Waals surface area contributed by atoms with Crippen molar-refractivity contribution in [3.63, 3.8) is 0 Å². The van der Waals surface area contributed by atoms with Crippen LogP contribution in [0.4, 0.5) is 0 Å². The van der Waals surface area contributed by atoms with Crippen molar-refractivity contribution in [3.05, 3.63) is 12.2 Å². The standard InChI is InChI=1S/C63H111N11O10/c1-18-42(8)25-28-51(76)74-37-43(9)36-49(74)56(81)65-45(27-26-44-23-20-19-21-24-44)52(77)66-47(34-40(4)5)54(79)70-61(12,13)58(83)68-46(33-39(2)3)53(78)67-48(35-41(6)7)55(80)71-62(14,15)59(84)72-60(10,11)57(82)64-32-29-50(75)69-63(30-22-31-63)38-73(16)17/h25,28,39-49H,18-24,26-27,29-38H2,1-17H3,(H,64,82)(H,65,81)(H,66,77)(H,67,78)(H,68,83)(H,69,75)(H,70,79)(H,71,80)(H,72,84)/b28-25+/t42-,43-,45-,46-,47-,48-,49-/m0/s1. The summed E-state index contributed by atoms with van der Waals surface area (Å²) in [4.78, 5) is 143. The Hall–Kier alpha value is -5.60. The number of nitrogens with zero attached hydrogens (tertiary/aromatic N) is 2. The molecule has 478 valence electrons. The van der Waals surface area contributed by atoms with Crippen LogP contribution >= 0.6 is 0 Å². The summed E-state index contributed by atoms with van der Waals surface area (Å²) in [6.07, 6.45) is 14.5. The van der Waals surface area contributed by atoms with Gasteiger partial charge in [0.2, 0.25) is 59.1 Å². The monoisotopic (exact) mass is 1180 g/mol. The molecule has 21 nitrogen and oxygen atoms in total. The lowest BCUT2D eigenvalue weighted by Crippen LogP contribution is -2.65. The summed E-state index contributed by atoms with van der Waals surface area (Å²) >= 11 is 0. The van der Waals surface area contributed by atoms with Gasteiger partial charge in [-0.15, -0.1) is 0 Å². The minimum atomic E-state index is -1.63. The zero-order chi connectivity index (χ0) is 63.5. The second-order valence-electron chi connectivity index (χ2n) is 28.0. The maximum atomic E-state index is 14.5. The van der Waals surface area contributed by atoms with E-state index < -0.39 is 94.1 Å². The van der Waals surface area contributed by atoms with E-state index in [4.69, 9.17) is 0 Å². The van der Waals surface area contributed by atoms with Crippen molar-refractivity contribution in [2.24, 2.45) is 35.5 Å². The highest BCUT2D eigenvalue weighted by atomic mass is 16.2. The van der Waals surface area contributed by atoms with E-state index in [0.29, 0.717) is 31.7 Å². The number of carbonyl (C=O) groups excluding carboxylic acids is 10. The van der Waals surface area contributed by atoms with Crippen molar-refractivity contribution in [1.29, 1.82) is 0 Å². The number of likely N-dealkylation sites (N-methyl/N-ethyl adjacent to an activating group) is 1. The van der Waals surface area contributed by atoms with Gasteiger partial charge in [0.25, 0.3) is 0 Å². The summed E-state index contributed by atoms with van der Waals surface area (Å²) in [5.41, 5.74) is -4.92. The van der Waals surface area contributed by atoms with Gasteiger partial charge >= 0.3 is 0 Å². The highest BCUT2D eigenvalue weighted by Crippen LogP contribution is 2.33. The molecule has 0 radical (unpaired) electrons. The van der Waals surface area contributed by atoms with Crippen LogP contribution in [-0.2, 0) is 47.9 Å². The van der Waals surface area contributed by atoms with Crippen LogP contribution in [0.3, 0.4) is 0 Å². The van der Waals surface area contributed by atoms with Gasteiger partial charge in [-0.3, -0.25) is 47.9 Å². The van der Waals surface area contributed by atoms with Gasteiger partial charge in [0, 0.05) is 26.1 Å². The molecule has 2 aliphatic carbocycles. The van der Waals surface area contributed by atoms with Gasteiger partial charge in [0.05, 0.1) is 5.54 Å². The molecule has 1 aliphatic heterocycles. The normalized spacial score (nSPS) is 19.4. The number of rotatable bonds is 33. The van der Waals surface area contributed by atoms with E-state index in [2.05, 4.69) is 47.9 Å². The fourth-order valence-corrected chi connectivity index (χ4v) is 11.2. The van der Waals surface area contributed by atoms with E-state index >= 15 is 0 Å². The average Bonchev–Trinajstić information content (AvgIpc) is 3.94. The second-order valence-corrected chi connectivity index (χ2v) is 28.0. The molecule has 10 amide bonds. The van der Waals surface area contributed by atoms with Gasteiger partial charge in [-0.1, -0.05) is 107 Å². The second kappa shape index (κ2) is 32.8. The average molecular weight is 1180 g/mol. The molecule has 0 spiro atoms. The largest absolute Gasteiger partial charge is 0.354 e. The number of amides is 10. The van der Waals surface area contributed by atoms with E-state index in [9.17, 15) is 47.9 Å². The molecule has 0 unspecified atom stereocenters. The Morgan fingerprint density at radius 3 is 1.61 bits per heavy atom. The Labute approximate surface area is 503 Å². The molecule has 84 heavy (non-hydrogen) atoms. The Balaban J connectivity index is 1.73. The van der Waals surface area contributed by atoms with Crippen LogP contribution in [-0.4, -0.2) is 155 Å². The van der Waals surface area contributed by atoms with Crippen molar-refractivity contribution in [2.45, 2.75) is 259 Å². The van der Waals surface area contributed by atoms with Crippen LogP contribution in [0.2, 0.25) is 0 Å². The zero-order valence-corrected chi connectivity index (χ0v) is 54.4. The molecule has 2 saturated carbocycles. The first-order valence-electron chi connectivity index (χ1n) is 31.4. The summed E-state index contributed by atoms with van der Waals surface area (Å²) in [5.74, 6) is -4.94. The van der Waals surface area contributed by atoms with Gasteiger partial charge in [0.15, 0.2) is 0 Å². The summed E-state index contributed by atoms with van der Waals surface area (Å²) < 4.78 is 0. The molecule has 0 aromatic heterocycles. The maximum Gasteiger partial charge on any atom is 0.246 e. The number of likely N-dealkylation sites (tertiary alicyclic amines) is 1. The Morgan fingerprint density at radius 2 is 1.12 bits per heavy atom.